The zero-order chi connectivity index (χ0) is 13.7. The molecule has 0 saturated heterocycles. The van der Waals surface area contributed by atoms with Crippen LogP contribution in [0.1, 0.15) is 49.9 Å². The van der Waals surface area contributed by atoms with Crippen molar-refractivity contribution in [2.45, 2.75) is 53.1 Å². The smallest absolute Gasteiger partial charge is 0.0473 e. The lowest BCUT2D eigenvalue weighted by molar-refractivity contribution is 0.157. The van der Waals surface area contributed by atoms with Gasteiger partial charge in [0, 0.05) is 18.6 Å². The topological polar surface area (TPSA) is 29.3 Å². The van der Waals surface area contributed by atoms with E-state index < -0.39 is 0 Å². The third kappa shape index (κ3) is 3.56. The van der Waals surface area contributed by atoms with E-state index in [0.717, 1.165) is 6.54 Å². The van der Waals surface area contributed by atoms with Gasteiger partial charge in [0.25, 0.3) is 0 Å². The van der Waals surface area contributed by atoms with E-state index >= 15 is 0 Å². The third-order valence-electron chi connectivity index (χ3n) is 3.68. The lowest BCUT2D eigenvalue weighted by Gasteiger charge is -2.34. The molecule has 1 aromatic carbocycles. The van der Waals surface area contributed by atoms with Gasteiger partial charge in [-0.2, -0.15) is 0 Å². The van der Waals surface area contributed by atoms with Crippen LogP contribution in [0, 0.1) is 13.8 Å². The SMILES string of the molecule is CCCN(C(C)C)C(CN)c1ccc(C)c(C)c1. The van der Waals surface area contributed by atoms with Crippen LogP contribution in [-0.4, -0.2) is 24.0 Å². The third-order valence-corrected chi connectivity index (χ3v) is 3.68. The Labute approximate surface area is 112 Å². The minimum Gasteiger partial charge on any atom is -0.329 e. The Balaban J connectivity index is 3.02. The summed E-state index contributed by atoms with van der Waals surface area (Å²) in [5, 5.41) is 0. The van der Waals surface area contributed by atoms with Crippen LogP contribution in [0.3, 0.4) is 0 Å². The molecule has 1 unspecified atom stereocenters. The summed E-state index contributed by atoms with van der Waals surface area (Å²) in [5.74, 6) is 0. The number of benzene rings is 1. The number of rotatable bonds is 6. The molecule has 0 heterocycles. The van der Waals surface area contributed by atoms with Gasteiger partial charge in [-0.1, -0.05) is 25.1 Å². The number of nitrogens with zero attached hydrogens (tertiary/aromatic N) is 1. The molecule has 0 saturated carbocycles. The molecule has 0 spiro atoms. The standard InChI is InChI=1S/C16H28N2/c1-6-9-18(12(2)3)16(11-17)15-8-7-13(4)14(5)10-15/h7-8,10,12,16H,6,9,11,17H2,1-5H3. The maximum absolute atomic E-state index is 6.02. The largest absolute Gasteiger partial charge is 0.329 e. The van der Waals surface area contributed by atoms with E-state index in [1.807, 2.05) is 0 Å². The summed E-state index contributed by atoms with van der Waals surface area (Å²) in [7, 11) is 0. The molecule has 2 nitrogen and oxygen atoms in total. The van der Waals surface area contributed by atoms with Crippen molar-refractivity contribution in [3.8, 4) is 0 Å². The summed E-state index contributed by atoms with van der Waals surface area (Å²) in [6.07, 6.45) is 1.17. The molecule has 0 amide bonds. The lowest BCUT2D eigenvalue weighted by atomic mass is 9.99. The van der Waals surface area contributed by atoms with Crippen molar-refractivity contribution < 1.29 is 0 Å². The van der Waals surface area contributed by atoms with Crippen LogP contribution in [0.4, 0.5) is 0 Å². The maximum atomic E-state index is 6.02. The molecule has 0 bridgehead atoms. The Hall–Kier alpha value is -0.860. The van der Waals surface area contributed by atoms with Crippen LogP contribution < -0.4 is 5.73 Å². The van der Waals surface area contributed by atoms with E-state index in [4.69, 9.17) is 5.73 Å². The molecule has 1 atom stereocenters. The van der Waals surface area contributed by atoms with Gasteiger partial charge in [0.2, 0.25) is 0 Å². The second kappa shape index (κ2) is 6.91. The van der Waals surface area contributed by atoms with Crippen molar-refractivity contribution in [3.05, 3.63) is 34.9 Å². The van der Waals surface area contributed by atoms with Crippen molar-refractivity contribution >= 4 is 0 Å². The fraction of sp³-hybridized carbons (Fsp3) is 0.625. The summed E-state index contributed by atoms with van der Waals surface area (Å²) in [6, 6.07) is 7.59. The first-order chi connectivity index (χ1) is 8.51. The van der Waals surface area contributed by atoms with Crippen molar-refractivity contribution in [1.29, 1.82) is 0 Å². The highest BCUT2D eigenvalue weighted by Crippen LogP contribution is 2.24. The van der Waals surface area contributed by atoms with Crippen LogP contribution >= 0.6 is 0 Å². The summed E-state index contributed by atoms with van der Waals surface area (Å²) < 4.78 is 0. The molecular weight excluding hydrogens is 220 g/mol. The van der Waals surface area contributed by atoms with Crippen molar-refractivity contribution in [1.82, 2.24) is 4.90 Å². The molecule has 0 radical (unpaired) electrons. The van der Waals surface area contributed by atoms with E-state index in [1.165, 1.54) is 23.1 Å². The number of hydrogen-bond donors (Lipinski definition) is 1. The molecule has 1 rings (SSSR count). The molecule has 2 heteroatoms. The molecule has 0 aliphatic carbocycles. The molecule has 2 N–H and O–H groups in total. The number of nitrogens with two attached hydrogens (primary N) is 1. The van der Waals surface area contributed by atoms with E-state index in [2.05, 4.69) is 57.7 Å². The minimum absolute atomic E-state index is 0.337. The first kappa shape index (κ1) is 15.2. The molecular formula is C16H28N2. The highest BCUT2D eigenvalue weighted by Gasteiger charge is 2.21. The summed E-state index contributed by atoms with van der Waals surface area (Å²) in [5.41, 5.74) is 10.1. The highest BCUT2D eigenvalue weighted by molar-refractivity contribution is 5.32. The minimum atomic E-state index is 0.337. The van der Waals surface area contributed by atoms with Gasteiger partial charge < -0.3 is 5.73 Å². The Bertz CT molecular complexity index is 371. The van der Waals surface area contributed by atoms with Crippen molar-refractivity contribution in [2.24, 2.45) is 5.73 Å². The Morgan fingerprint density at radius 3 is 2.28 bits per heavy atom. The first-order valence-corrected chi connectivity index (χ1v) is 7.04. The highest BCUT2D eigenvalue weighted by atomic mass is 15.2. The number of hydrogen-bond acceptors (Lipinski definition) is 2. The van der Waals surface area contributed by atoms with Crippen LogP contribution in [0.15, 0.2) is 18.2 Å². The lowest BCUT2D eigenvalue weighted by Crippen LogP contribution is -2.39. The second-order valence-corrected chi connectivity index (χ2v) is 5.43. The molecule has 0 fully saturated rings. The van der Waals surface area contributed by atoms with Gasteiger partial charge in [0.05, 0.1) is 0 Å². The molecule has 102 valence electrons. The fourth-order valence-electron chi connectivity index (χ4n) is 2.47. The molecule has 0 aliphatic heterocycles. The molecule has 1 aromatic rings. The van der Waals surface area contributed by atoms with Gasteiger partial charge in [-0.25, -0.2) is 0 Å². The second-order valence-electron chi connectivity index (χ2n) is 5.43. The first-order valence-electron chi connectivity index (χ1n) is 7.04. The Kier molecular flexibility index (Phi) is 5.83. The van der Waals surface area contributed by atoms with Gasteiger partial charge in [-0.05, 0) is 57.4 Å². The molecule has 0 aromatic heterocycles. The van der Waals surface area contributed by atoms with Crippen LogP contribution in [0.5, 0.6) is 0 Å². The van der Waals surface area contributed by atoms with E-state index in [0.29, 0.717) is 18.6 Å². The van der Waals surface area contributed by atoms with Gasteiger partial charge >= 0.3 is 0 Å². The van der Waals surface area contributed by atoms with Crippen LogP contribution in [0.25, 0.3) is 0 Å². The van der Waals surface area contributed by atoms with Gasteiger partial charge in [-0.15, -0.1) is 0 Å². The number of aryl methyl sites for hydroxylation is 2. The van der Waals surface area contributed by atoms with Crippen LogP contribution in [-0.2, 0) is 0 Å². The average Bonchev–Trinajstić information content (AvgIpc) is 2.33. The van der Waals surface area contributed by atoms with Gasteiger partial charge in [0.15, 0.2) is 0 Å². The van der Waals surface area contributed by atoms with Crippen LogP contribution in [0.2, 0.25) is 0 Å². The maximum Gasteiger partial charge on any atom is 0.0473 e. The van der Waals surface area contributed by atoms with E-state index in [1.54, 1.807) is 0 Å². The summed E-state index contributed by atoms with van der Waals surface area (Å²) in [6.45, 7) is 12.8. The fourth-order valence-corrected chi connectivity index (χ4v) is 2.47. The van der Waals surface area contributed by atoms with Crippen molar-refractivity contribution in [3.63, 3.8) is 0 Å². The van der Waals surface area contributed by atoms with Gasteiger partial charge in [0.1, 0.15) is 0 Å². The predicted octanol–water partition coefficient (Wildman–Crippen LogP) is 3.42. The molecule has 0 aliphatic rings. The summed E-state index contributed by atoms with van der Waals surface area (Å²) >= 11 is 0. The monoisotopic (exact) mass is 248 g/mol. The zero-order valence-corrected chi connectivity index (χ0v) is 12.5. The van der Waals surface area contributed by atoms with Gasteiger partial charge in [-0.3, -0.25) is 4.90 Å². The normalized spacial score (nSPS) is 13.3. The van der Waals surface area contributed by atoms with E-state index in [9.17, 15) is 0 Å². The molecule has 18 heavy (non-hydrogen) atoms. The Morgan fingerprint density at radius 2 is 1.83 bits per heavy atom. The average molecular weight is 248 g/mol. The Morgan fingerprint density at radius 1 is 1.17 bits per heavy atom. The quantitative estimate of drug-likeness (QED) is 0.836. The van der Waals surface area contributed by atoms with E-state index in [-0.39, 0.29) is 0 Å². The van der Waals surface area contributed by atoms with Crippen molar-refractivity contribution in [2.75, 3.05) is 13.1 Å². The zero-order valence-electron chi connectivity index (χ0n) is 12.5. The predicted molar refractivity (Wildman–Crippen MR) is 79.8 cm³/mol. The summed E-state index contributed by atoms with van der Waals surface area (Å²) in [4.78, 5) is 2.50.